The molecule has 3 aromatic rings. The zero-order chi connectivity index (χ0) is 18.3. The molecule has 1 aliphatic heterocycles. The van der Waals surface area contributed by atoms with Gasteiger partial charge in [0.1, 0.15) is 10.7 Å². The van der Waals surface area contributed by atoms with Gasteiger partial charge in [0.25, 0.3) is 5.56 Å². The Hall–Kier alpha value is -1.50. The van der Waals surface area contributed by atoms with Gasteiger partial charge in [0.05, 0.1) is 5.39 Å². The molecular formula is C20H22BrN3OS. The van der Waals surface area contributed by atoms with E-state index in [9.17, 15) is 4.79 Å². The Labute approximate surface area is 165 Å². The molecule has 26 heavy (non-hydrogen) atoms. The molecule has 1 aromatic carbocycles. The highest BCUT2D eigenvalue weighted by Gasteiger charge is 2.24. The van der Waals surface area contributed by atoms with Crippen LogP contribution in [0.1, 0.15) is 31.6 Å². The highest BCUT2D eigenvalue weighted by Crippen LogP contribution is 2.33. The van der Waals surface area contributed by atoms with Gasteiger partial charge in [0, 0.05) is 27.9 Å². The number of aromatic nitrogens is 2. The number of piperidine rings is 1. The van der Waals surface area contributed by atoms with Crippen molar-refractivity contribution in [3.8, 4) is 11.1 Å². The van der Waals surface area contributed by atoms with E-state index >= 15 is 0 Å². The third-order valence-corrected chi connectivity index (χ3v) is 6.64. The predicted molar refractivity (Wildman–Crippen MR) is 112 cm³/mol. The van der Waals surface area contributed by atoms with Gasteiger partial charge in [-0.1, -0.05) is 35.0 Å². The van der Waals surface area contributed by atoms with Crippen molar-refractivity contribution in [1.29, 1.82) is 0 Å². The number of hydrogen-bond acceptors (Lipinski definition) is 4. The number of hydrogen-bond donors (Lipinski definition) is 0. The van der Waals surface area contributed by atoms with Crippen molar-refractivity contribution in [3.05, 3.63) is 50.3 Å². The van der Waals surface area contributed by atoms with Gasteiger partial charge in [-0.3, -0.25) is 9.36 Å². The largest absolute Gasteiger partial charge is 0.306 e. The molecule has 1 saturated heterocycles. The second-order valence-electron chi connectivity index (χ2n) is 6.93. The minimum atomic E-state index is 0.126. The van der Waals surface area contributed by atoms with Crippen molar-refractivity contribution < 1.29 is 0 Å². The van der Waals surface area contributed by atoms with E-state index < -0.39 is 0 Å². The van der Waals surface area contributed by atoms with Gasteiger partial charge in [0.15, 0.2) is 0 Å². The number of halogens is 1. The molecule has 3 heterocycles. The average molecular weight is 432 g/mol. The van der Waals surface area contributed by atoms with Gasteiger partial charge < -0.3 is 4.90 Å². The molecule has 4 rings (SSSR count). The summed E-state index contributed by atoms with van der Waals surface area (Å²) in [6.45, 7) is 4.14. The standard InChI is InChI=1S/C20H22BrN3OS/c1-3-17-22-19-18(16(12-26-19)13-4-6-14(21)7-5-13)20(25)24(17)15-8-10-23(2)11-9-15/h4-7,12,15H,3,8-11H2,1-2H3. The van der Waals surface area contributed by atoms with Crippen LogP contribution in [0.3, 0.4) is 0 Å². The Balaban J connectivity index is 1.89. The highest BCUT2D eigenvalue weighted by molar-refractivity contribution is 9.10. The van der Waals surface area contributed by atoms with Crippen molar-refractivity contribution in [1.82, 2.24) is 14.5 Å². The van der Waals surface area contributed by atoms with E-state index in [0.717, 1.165) is 64.0 Å². The van der Waals surface area contributed by atoms with Crippen LogP contribution in [0.4, 0.5) is 0 Å². The molecule has 2 aromatic heterocycles. The predicted octanol–water partition coefficient (Wildman–Crippen LogP) is 4.72. The van der Waals surface area contributed by atoms with E-state index in [-0.39, 0.29) is 11.6 Å². The number of likely N-dealkylation sites (tertiary alicyclic amines) is 1. The summed E-state index contributed by atoms with van der Waals surface area (Å²) in [5, 5.41) is 2.84. The number of benzene rings is 1. The summed E-state index contributed by atoms with van der Waals surface area (Å²) in [4.78, 5) is 21.6. The first-order chi connectivity index (χ1) is 12.6. The van der Waals surface area contributed by atoms with E-state index in [2.05, 4.69) is 52.3 Å². The number of thiophene rings is 1. The van der Waals surface area contributed by atoms with E-state index in [4.69, 9.17) is 4.98 Å². The molecule has 0 saturated carbocycles. The molecule has 0 spiro atoms. The van der Waals surface area contributed by atoms with E-state index in [1.165, 1.54) is 0 Å². The lowest BCUT2D eigenvalue weighted by Crippen LogP contribution is -2.37. The van der Waals surface area contributed by atoms with Crippen LogP contribution in [-0.2, 0) is 6.42 Å². The highest BCUT2D eigenvalue weighted by atomic mass is 79.9. The molecule has 6 heteroatoms. The van der Waals surface area contributed by atoms with Crippen molar-refractivity contribution >= 4 is 37.5 Å². The van der Waals surface area contributed by atoms with Crippen molar-refractivity contribution in [2.24, 2.45) is 0 Å². The van der Waals surface area contributed by atoms with Crippen LogP contribution in [-0.4, -0.2) is 34.6 Å². The van der Waals surface area contributed by atoms with Gasteiger partial charge in [0.2, 0.25) is 0 Å². The van der Waals surface area contributed by atoms with Gasteiger partial charge in [-0.2, -0.15) is 0 Å². The molecule has 1 fully saturated rings. The second-order valence-corrected chi connectivity index (χ2v) is 8.70. The maximum Gasteiger partial charge on any atom is 0.263 e. The Kier molecular flexibility index (Phi) is 4.99. The maximum absolute atomic E-state index is 13.5. The first kappa shape index (κ1) is 17.9. The second kappa shape index (κ2) is 7.25. The van der Waals surface area contributed by atoms with Crippen LogP contribution in [0.25, 0.3) is 21.3 Å². The number of rotatable bonds is 3. The summed E-state index contributed by atoms with van der Waals surface area (Å²) >= 11 is 5.05. The lowest BCUT2D eigenvalue weighted by Gasteiger charge is -2.31. The average Bonchev–Trinajstić information content (AvgIpc) is 3.07. The lowest BCUT2D eigenvalue weighted by molar-refractivity contribution is 0.216. The molecule has 0 unspecified atom stereocenters. The Bertz CT molecular complexity index is 985. The topological polar surface area (TPSA) is 38.1 Å². The zero-order valence-electron chi connectivity index (χ0n) is 15.0. The molecule has 0 atom stereocenters. The summed E-state index contributed by atoms with van der Waals surface area (Å²) in [5.74, 6) is 0.918. The van der Waals surface area contributed by atoms with Crippen LogP contribution in [0.2, 0.25) is 0 Å². The van der Waals surface area contributed by atoms with Gasteiger partial charge in [-0.15, -0.1) is 11.3 Å². The van der Waals surface area contributed by atoms with Crippen LogP contribution >= 0.6 is 27.3 Å². The van der Waals surface area contributed by atoms with E-state index in [1.807, 2.05) is 16.7 Å². The van der Waals surface area contributed by atoms with Crippen molar-refractivity contribution in [2.45, 2.75) is 32.2 Å². The van der Waals surface area contributed by atoms with Crippen LogP contribution in [0, 0.1) is 0 Å². The monoisotopic (exact) mass is 431 g/mol. The summed E-state index contributed by atoms with van der Waals surface area (Å²) in [6.07, 6.45) is 2.80. The molecular weight excluding hydrogens is 410 g/mol. The van der Waals surface area contributed by atoms with Gasteiger partial charge in [-0.05, 0) is 50.7 Å². The fraction of sp³-hybridized carbons (Fsp3) is 0.400. The smallest absolute Gasteiger partial charge is 0.263 e. The zero-order valence-corrected chi connectivity index (χ0v) is 17.4. The van der Waals surface area contributed by atoms with Crippen LogP contribution in [0.15, 0.2) is 38.9 Å². The van der Waals surface area contributed by atoms with Gasteiger partial charge >= 0.3 is 0 Å². The molecule has 0 amide bonds. The normalized spacial score (nSPS) is 16.4. The Morgan fingerprint density at radius 1 is 1.23 bits per heavy atom. The summed E-state index contributed by atoms with van der Waals surface area (Å²) < 4.78 is 3.03. The maximum atomic E-state index is 13.5. The van der Waals surface area contributed by atoms with Gasteiger partial charge in [-0.25, -0.2) is 4.98 Å². The Morgan fingerprint density at radius 3 is 2.58 bits per heavy atom. The van der Waals surface area contributed by atoms with Crippen LogP contribution in [0.5, 0.6) is 0 Å². The molecule has 1 aliphatic rings. The molecule has 0 aliphatic carbocycles. The third kappa shape index (κ3) is 3.15. The number of aryl methyl sites for hydroxylation is 1. The molecule has 0 radical (unpaired) electrons. The molecule has 0 N–H and O–H groups in total. The Morgan fingerprint density at radius 2 is 1.92 bits per heavy atom. The van der Waals surface area contributed by atoms with E-state index in [1.54, 1.807) is 11.3 Å². The quantitative estimate of drug-likeness (QED) is 0.602. The summed E-state index contributed by atoms with van der Waals surface area (Å²) in [7, 11) is 2.14. The lowest BCUT2D eigenvalue weighted by atomic mass is 10.0. The first-order valence-electron chi connectivity index (χ1n) is 9.05. The van der Waals surface area contributed by atoms with Crippen LogP contribution < -0.4 is 5.56 Å². The minimum Gasteiger partial charge on any atom is -0.306 e. The molecule has 0 bridgehead atoms. The van der Waals surface area contributed by atoms with Crippen molar-refractivity contribution in [2.75, 3.05) is 20.1 Å². The summed E-state index contributed by atoms with van der Waals surface area (Å²) in [5.41, 5.74) is 2.19. The number of fused-ring (bicyclic) bond motifs is 1. The van der Waals surface area contributed by atoms with E-state index in [0.29, 0.717) is 0 Å². The van der Waals surface area contributed by atoms with Crippen molar-refractivity contribution in [3.63, 3.8) is 0 Å². The third-order valence-electron chi connectivity index (χ3n) is 5.24. The first-order valence-corrected chi connectivity index (χ1v) is 10.7. The minimum absolute atomic E-state index is 0.126. The molecule has 4 nitrogen and oxygen atoms in total. The summed E-state index contributed by atoms with van der Waals surface area (Å²) in [6, 6.07) is 8.39. The SMILES string of the molecule is CCc1nc2scc(-c3ccc(Br)cc3)c2c(=O)n1C1CCN(C)CC1. The molecule has 136 valence electrons. The fourth-order valence-electron chi connectivity index (χ4n) is 3.77. The number of nitrogens with zero attached hydrogens (tertiary/aromatic N) is 3. The fourth-order valence-corrected chi connectivity index (χ4v) is 4.99.